The number of alkyl halides is 4. The summed E-state index contributed by atoms with van der Waals surface area (Å²) in [7, 11) is 1.42. The van der Waals surface area contributed by atoms with Crippen molar-refractivity contribution in [1.29, 1.82) is 0 Å². The highest BCUT2D eigenvalue weighted by Gasteiger charge is 2.60. The molecule has 7 amide bonds. The molecule has 15 nitrogen and oxygen atoms in total. The second-order valence-electron chi connectivity index (χ2n) is 18.9. The molecule has 2 aliphatic heterocycles. The van der Waals surface area contributed by atoms with Crippen molar-refractivity contribution < 1.29 is 56.2 Å². The fourth-order valence-electron chi connectivity index (χ4n) is 8.86. The lowest BCUT2D eigenvalue weighted by molar-refractivity contribution is -0.250. The number of likely N-dealkylation sites (N-methyl/N-ethyl adjacent to an activating group) is 1. The van der Waals surface area contributed by atoms with Crippen LogP contribution in [0.3, 0.4) is 0 Å². The lowest BCUT2D eigenvalue weighted by atomic mass is 9.80. The molecule has 21 heteroatoms. The molecule has 2 heterocycles. The Kier molecular flexibility index (Phi) is 17.4. The van der Waals surface area contributed by atoms with Crippen molar-refractivity contribution in [3.05, 3.63) is 33.8 Å². The summed E-state index contributed by atoms with van der Waals surface area (Å²) in [5.74, 6) is -6.29. The number of amides is 7. The van der Waals surface area contributed by atoms with Gasteiger partial charge in [0.1, 0.15) is 41.9 Å². The molecule has 0 unspecified atom stereocenters. The molecule has 66 heavy (non-hydrogen) atoms. The van der Waals surface area contributed by atoms with E-state index in [0.717, 1.165) is 6.42 Å². The Morgan fingerprint density at radius 2 is 1.70 bits per heavy atom. The smallest absolute Gasteiger partial charge is 0.373 e. The quantitative estimate of drug-likeness (QED) is 0.180. The predicted octanol–water partition coefficient (Wildman–Crippen LogP) is 4.38. The fourth-order valence-corrected chi connectivity index (χ4v) is 9.25. The zero-order valence-corrected chi connectivity index (χ0v) is 39.6. The van der Waals surface area contributed by atoms with Crippen molar-refractivity contribution in [3.63, 3.8) is 0 Å². The highest BCUT2D eigenvalue weighted by atomic mass is 35.5. The van der Waals surface area contributed by atoms with Gasteiger partial charge in [0.25, 0.3) is 5.91 Å². The molecule has 2 saturated carbocycles. The van der Waals surface area contributed by atoms with Crippen molar-refractivity contribution in [2.45, 2.75) is 165 Å². The topological polar surface area (TPSA) is 198 Å². The summed E-state index contributed by atoms with van der Waals surface area (Å²) in [6.45, 7) is 4.95. The van der Waals surface area contributed by atoms with Gasteiger partial charge in [0.2, 0.25) is 41.0 Å². The largest absolute Gasteiger partial charge is 0.426 e. The van der Waals surface area contributed by atoms with Gasteiger partial charge in [-0.3, -0.25) is 33.6 Å². The average Bonchev–Trinajstić information content (AvgIpc) is 3.91. The SMILES string of the molecule is CCCN(C(=O)[C@H](CC1CCC1)NC(=O)[C@@H]1C[C@@H](F)CN1C(=O)[C@@](C)(O)C(F)(F)F)[C@H]1CCCCNC(=O)C2(CC2)NC(=O)[C@H](Cc2cc(Cl)ccc2Cl)N(C)C(=O)[C@H](CC(C)C)NC1=O. The first-order valence-electron chi connectivity index (χ1n) is 22.9. The van der Waals surface area contributed by atoms with Gasteiger partial charge in [-0.15, -0.1) is 0 Å². The maximum absolute atomic E-state index is 14.9. The fraction of sp³-hybridized carbons (Fsp3) is 0.711. The molecule has 5 N–H and O–H groups in total. The van der Waals surface area contributed by atoms with E-state index in [1.807, 2.05) is 13.8 Å². The van der Waals surface area contributed by atoms with Crippen LogP contribution in [0.5, 0.6) is 0 Å². The third-order valence-electron chi connectivity index (χ3n) is 13.2. The van der Waals surface area contributed by atoms with Crippen LogP contribution in [0.2, 0.25) is 10.0 Å². The Hall–Kier alpha value is -4.23. The number of halogens is 6. The number of aliphatic hydroxyl groups is 1. The molecule has 1 aromatic rings. The highest BCUT2D eigenvalue weighted by molar-refractivity contribution is 6.33. The predicted molar refractivity (Wildman–Crippen MR) is 236 cm³/mol. The molecule has 2 aliphatic carbocycles. The zero-order chi connectivity index (χ0) is 48.9. The summed E-state index contributed by atoms with van der Waals surface area (Å²) < 4.78 is 56.0. The van der Waals surface area contributed by atoms with Gasteiger partial charge in [-0.1, -0.05) is 63.2 Å². The lowest BCUT2D eigenvalue weighted by Crippen LogP contribution is -2.62. The summed E-state index contributed by atoms with van der Waals surface area (Å²) in [6, 6.07) is -2.10. The van der Waals surface area contributed by atoms with Crippen molar-refractivity contribution >= 4 is 64.6 Å². The van der Waals surface area contributed by atoms with Gasteiger partial charge in [0.15, 0.2) is 0 Å². The van der Waals surface area contributed by atoms with Crippen molar-refractivity contribution in [2.24, 2.45) is 11.8 Å². The van der Waals surface area contributed by atoms with E-state index in [4.69, 9.17) is 23.2 Å². The number of hydrogen-bond donors (Lipinski definition) is 5. The Labute approximate surface area is 392 Å². The van der Waals surface area contributed by atoms with Gasteiger partial charge in [0, 0.05) is 43.0 Å². The molecule has 7 atom stereocenters. The van der Waals surface area contributed by atoms with Gasteiger partial charge >= 0.3 is 6.18 Å². The summed E-state index contributed by atoms with van der Waals surface area (Å²) in [6.07, 6.45) is -3.89. The number of rotatable bonds is 13. The standard InChI is InChI=1S/C45H63Cl2F4N7O8/c1-6-18-57(40(63)32(20-26-10-9-11-26)54-37(60)35-23-29(48)24-58(35)42(65)43(4,66)45(49,50)51)33-12-7-8-17-52-41(64)44(15-16-44)55-38(61)34(22-27-21-28(46)13-14-30(27)47)56(5)39(62)31(19-25(2)3)53-36(33)59/h13-14,21,25-26,29,31-35,66H,6-12,15-20,22-24H2,1-5H3,(H,52,64)(H,53,59)(H,54,60)(H,55,61)/t29-,31+,32+,33+,34+,35+,43-/m1/s1. The maximum Gasteiger partial charge on any atom is 0.426 e. The average molecular weight is 977 g/mol. The van der Waals surface area contributed by atoms with Crippen LogP contribution in [0.25, 0.3) is 0 Å². The number of carbonyl (C=O) groups excluding carboxylic acids is 7. The monoisotopic (exact) mass is 975 g/mol. The molecule has 1 spiro atoms. The van der Waals surface area contributed by atoms with E-state index in [2.05, 4.69) is 21.3 Å². The molecule has 4 aliphatic rings. The van der Waals surface area contributed by atoms with Gasteiger partial charge in [-0.05, 0) is 93.9 Å². The molecule has 0 radical (unpaired) electrons. The van der Waals surface area contributed by atoms with Crippen molar-refractivity contribution in [1.82, 2.24) is 36.0 Å². The number of nitrogens with zero attached hydrogens (tertiary/aromatic N) is 3. The van der Waals surface area contributed by atoms with Crippen LogP contribution in [0.15, 0.2) is 18.2 Å². The molecule has 368 valence electrons. The minimum absolute atomic E-state index is 0.00636. The zero-order valence-electron chi connectivity index (χ0n) is 38.1. The first-order valence-corrected chi connectivity index (χ1v) is 23.6. The van der Waals surface area contributed by atoms with Crippen LogP contribution < -0.4 is 21.3 Å². The number of hydrogen-bond acceptors (Lipinski definition) is 8. The molecule has 5 rings (SSSR count). The van der Waals surface area contributed by atoms with Gasteiger partial charge in [-0.25, -0.2) is 4.39 Å². The highest BCUT2D eigenvalue weighted by Crippen LogP contribution is 2.37. The first-order chi connectivity index (χ1) is 30.9. The van der Waals surface area contributed by atoms with Crippen LogP contribution in [0.4, 0.5) is 17.6 Å². The second-order valence-corrected chi connectivity index (χ2v) is 19.8. The third-order valence-corrected chi connectivity index (χ3v) is 13.8. The van der Waals surface area contributed by atoms with Crippen molar-refractivity contribution in [2.75, 3.05) is 26.7 Å². The van der Waals surface area contributed by atoms with E-state index in [0.29, 0.717) is 60.4 Å². The maximum atomic E-state index is 14.9. The van der Waals surface area contributed by atoms with E-state index in [-0.39, 0.29) is 62.6 Å². The Bertz CT molecular complexity index is 1980. The Balaban J connectivity index is 1.48. The lowest BCUT2D eigenvalue weighted by Gasteiger charge is -2.38. The van der Waals surface area contributed by atoms with E-state index in [9.17, 15) is 56.2 Å². The van der Waals surface area contributed by atoms with E-state index >= 15 is 0 Å². The minimum Gasteiger partial charge on any atom is -0.373 e. The molecule has 1 aromatic carbocycles. The second kappa shape index (κ2) is 21.8. The third kappa shape index (κ3) is 12.4. The first kappa shape index (κ1) is 52.7. The molecular weight excluding hydrogens is 913 g/mol. The molecular formula is C45H63Cl2F4N7O8. The minimum atomic E-state index is -5.44. The summed E-state index contributed by atoms with van der Waals surface area (Å²) in [5.41, 5.74) is -4.66. The summed E-state index contributed by atoms with van der Waals surface area (Å²) >= 11 is 12.8. The summed E-state index contributed by atoms with van der Waals surface area (Å²) in [4.78, 5) is 102. The molecule has 0 bridgehead atoms. The molecule has 4 fully saturated rings. The Morgan fingerprint density at radius 3 is 2.29 bits per heavy atom. The van der Waals surface area contributed by atoms with Gasteiger partial charge in [0.05, 0.1) is 6.54 Å². The van der Waals surface area contributed by atoms with Gasteiger partial charge in [-0.2, -0.15) is 13.2 Å². The van der Waals surface area contributed by atoms with Crippen LogP contribution in [-0.2, 0) is 40.0 Å². The Morgan fingerprint density at radius 1 is 1.02 bits per heavy atom. The van der Waals surface area contributed by atoms with E-state index in [1.165, 1.54) is 16.8 Å². The normalized spacial score (nSPS) is 25.9. The number of nitrogens with one attached hydrogen (secondary N) is 4. The van der Waals surface area contributed by atoms with E-state index < -0.39 is 108 Å². The van der Waals surface area contributed by atoms with Crippen LogP contribution in [0.1, 0.15) is 110 Å². The molecule has 2 saturated heterocycles. The van der Waals surface area contributed by atoms with Crippen molar-refractivity contribution in [3.8, 4) is 0 Å². The number of benzene rings is 1. The molecule has 0 aromatic heterocycles. The van der Waals surface area contributed by atoms with Gasteiger partial charge < -0.3 is 41.1 Å². The number of likely N-dealkylation sites (tertiary alicyclic amines) is 1. The van der Waals surface area contributed by atoms with E-state index in [1.54, 1.807) is 25.1 Å². The summed E-state index contributed by atoms with van der Waals surface area (Å²) in [5, 5.41) is 22.0. The van der Waals surface area contributed by atoms with Crippen LogP contribution >= 0.6 is 23.2 Å². The van der Waals surface area contributed by atoms with Crippen LogP contribution in [-0.4, -0.2) is 142 Å². The number of carbonyl (C=O) groups is 7. The van der Waals surface area contributed by atoms with Crippen LogP contribution in [0, 0.1) is 11.8 Å².